The number of halogens is 1. The van der Waals surface area contributed by atoms with Crippen molar-refractivity contribution in [1.82, 2.24) is 4.31 Å². The average Bonchev–Trinajstić information content (AvgIpc) is 2.37. The van der Waals surface area contributed by atoms with Crippen LogP contribution in [-0.2, 0) is 14.8 Å². The second-order valence-electron chi connectivity index (χ2n) is 5.03. The summed E-state index contributed by atoms with van der Waals surface area (Å²) in [6, 6.07) is 3.64. The van der Waals surface area contributed by atoms with Crippen molar-refractivity contribution in [3.05, 3.63) is 28.8 Å². The molecule has 21 heavy (non-hydrogen) atoms. The Kier molecular flexibility index (Phi) is 4.57. The zero-order valence-electron chi connectivity index (χ0n) is 11.6. The molecule has 2 rings (SSSR count). The maximum absolute atomic E-state index is 12.7. The minimum absolute atomic E-state index is 0.00629. The highest BCUT2D eigenvalue weighted by Gasteiger charge is 2.33. The number of rotatable bonds is 3. The fraction of sp³-hybridized carbons (Fsp3) is 0.462. The molecule has 6 nitrogen and oxygen atoms in total. The van der Waals surface area contributed by atoms with Gasteiger partial charge in [-0.15, -0.1) is 0 Å². The molecule has 0 bridgehead atoms. The van der Waals surface area contributed by atoms with Crippen molar-refractivity contribution in [2.75, 3.05) is 13.1 Å². The molecule has 0 radical (unpaired) electrons. The first-order chi connectivity index (χ1) is 9.71. The summed E-state index contributed by atoms with van der Waals surface area (Å²) in [4.78, 5) is 10.8. The molecule has 116 valence electrons. The summed E-state index contributed by atoms with van der Waals surface area (Å²) in [5.74, 6) is -1.20. The van der Waals surface area contributed by atoms with E-state index in [-0.39, 0.29) is 40.8 Å². The molecule has 0 unspecified atom stereocenters. The molecule has 0 saturated carbocycles. The van der Waals surface area contributed by atoms with E-state index in [0.29, 0.717) is 0 Å². The zero-order valence-corrected chi connectivity index (χ0v) is 13.2. The maximum Gasteiger partial charge on any atom is 0.335 e. The molecule has 1 aromatic carbocycles. The van der Waals surface area contributed by atoms with Crippen LogP contribution in [0.1, 0.15) is 24.2 Å². The van der Waals surface area contributed by atoms with Gasteiger partial charge in [-0.2, -0.15) is 4.31 Å². The highest BCUT2D eigenvalue weighted by atomic mass is 35.5. The summed E-state index contributed by atoms with van der Waals surface area (Å²) < 4.78 is 32.1. The number of ether oxygens (including phenoxy) is 1. The Labute approximate surface area is 128 Å². The van der Waals surface area contributed by atoms with Gasteiger partial charge in [0.2, 0.25) is 10.0 Å². The number of aromatic carboxylic acids is 1. The van der Waals surface area contributed by atoms with E-state index >= 15 is 0 Å². The van der Waals surface area contributed by atoms with Gasteiger partial charge >= 0.3 is 5.97 Å². The van der Waals surface area contributed by atoms with E-state index in [2.05, 4.69) is 0 Å². The number of sulfonamides is 1. The first kappa shape index (κ1) is 16.2. The lowest BCUT2D eigenvalue weighted by Gasteiger charge is -2.34. The summed E-state index contributed by atoms with van der Waals surface area (Å²) in [6.07, 6.45) is -0.463. The van der Waals surface area contributed by atoms with E-state index in [4.69, 9.17) is 21.4 Å². The van der Waals surface area contributed by atoms with E-state index in [0.717, 1.165) is 6.07 Å². The number of carbonyl (C=O) groups is 1. The number of carboxylic acids is 1. The minimum Gasteiger partial charge on any atom is -0.478 e. The summed E-state index contributed by atoms with van der Waals surface area (Å²) in [6.45, 7) is 3.99. The van der Waals surface area contributed by atoms with Crippen LogP contribution in [0.2, 0.25) is 5.02 Å². The molecule has 2 atom stereocenters. The zero-order chi connectivity index (χ0) is 15.8. The van der Waals surface area contributed by atoms with Crippen LogP contribution >= 0.6 is 11.6 Å². The van der Waals surface area contributed by atoms with Gasteiger partial charge in [-0.3, -0.25) is 0 Å². The Bertz CT molecular complexity index is 651. The van der Waals surface area contributed by atoms with Crippen LogP contribution in [0.3, 0.4) is 0 Å². The molecule has 1 fully saturated rings. The summed E-state index contributed by atoms with van der Waals surface area (Å²) in [5, 5.41) is 9.00. The molecule has 0 spiro atoms. The van der Waals surface area contributed by atoms with Gasteiger partial charge in [0.1, 0.15) is 4.90 Å². The van der Waals surface area contributed by atoms with E-state index in [1.165, 1.54) is 16.4 Å². The van der Waals surface area contributed by atoms with Crippen LogP contribution < -0.4 is 0 Å². The van der Waals surface area contributed by atoms with Crippen molar-refractivity contribution < 1.29 is 23.1 Å². The Balaban J connectivity index is 2.44. The van der Waals surface area contributed by atoms with Gasteiger partial charge in [0.15, 0.2) is 0 Å². The van der Waals surface area contributed by atoms with Crippen LogP contribution in [0, 0.1) is 0 Å². The molecule has 1 aliphatic heterocycles. The Hall–Kier alpha value is -1.15. The number of benzene rings is 1. The van der Waals surface area contributed by atoms with Crippen molar-refractivity contribution in [3.63, 3.8) is 0 Å². The van der Waals surface area contributed by atoms with Gasteiger partial charge in [0.25, 0.3) is 0 Å². The summed E-state index contributed by atoms with van der Waals surface area (Å²) in [5.41, 5.74) is -0.118. The van der Waals surface area contributed by atoms with Crippen LogP contribution in [0.4, 0.5) is 0 Å². The number of nitrogens with zero attached hydrogens (tertiary/aromatic N) is 1. The molecule has 1 heterocycles. The van der Waals surface area contributed by atoms with Crippen molar-refractivity contribution in [2.45, 2.75) is 31.0 Å². The first-order valence-electron chi connectivity index (χ1n) is 6.40. The molecule has 0 amide bonds. The van der Waals surface area contributed by atoms with Gasteiger partial charge in [-0.05, 0) is 32.0 Å². The lowest BCUT2D eigenvalue weighted by Crippen LogP contribution is -2.48. The largest absolute Gasteiger partial charge is 0.478 e. The Morgan fingerprint density at radius 3 is 2.43 bits per heavy atom. The SMILES string of the molecule is C[C@H]1CN(S(=O)(=O)c2cc(C(=O)O)ccc2Cl)C[C@H](C)O1. The van der Waals surface area contributed by atoms with Crippen molar-refractivity contribution >= 4 is 27.6 Å². The van der Waals surface area contributed by atoms with Gasteiger partial charge in [0, 0.05) is 13.1 Å². The minimum atomic E-state index is -3.86. The molecule has 0 aliphatic carbocycles. The Morgan fingerprint density at radius 1 is 1.33 bits per heavy atom. The van der Waals surface area contributed by atoms with Crippen LogP contribution in [0.25, 0.3) is 0 Å². The summed E-state index contributed by atoms with van der Waals surface area (Å²) >= 11 is 5.95. The third kappa shape index (κ3) is 3.37. The third-order valence-corrected chi connectivity index (χ3v) is 5.50. The fourth-order valence-electron chi connectivity index (χ4n) is 2.30. The number of morpholine rings is 1. The molecule has 0 aromatic heterocycles. The predicted octanol–water partition coefficient (Wildman–Crippen LogP) is 1.84. The van der Waals surface area contributed by atoms with E-state index in [1.807, 2.05) is 0 Å². The van der Waals surface area contributed by atoms with Crippen LogP contribution in [-0.4, -0.2) is 49.1 Å². The highest BCUT2D eigenvalue weighted by Crippen LogP contribution is 2.28. The van der Waals surface area contributed by atoms with Crippen molar-refractivity contribution in [2.24, 2.45) is 0 Å². The molecule has 8 heteroatoms. The predicted molar refractivity (Wildman–Crippen MR) is 77.2 cm³/mol. The smallest absolute Gasteiger partial charge is 0.335 e. The van der Waals surface area contributed by atoms with E-state index in [9.17, 15) is 13.2 Å². The molecular weight excluding hydrogens is 318 g/mol. The quantitative estimate of drug-likeness (QED) is 0.912. The second kappa shape index (κ2) is 5.92. The molecule has 1 aliphatic rings. The van der Waals surface area contributed by atoms with Gasteiger partial charge in [0.05, 0.1) is 22.8 Å². The van der Waals surface area contributed by atoms with Gasteiger partial charge in [-0.1, -0.05) is 11.6 Å². The monoisotopic (exact) mass is 333 g/mol. The average molecular weight is 334 g/mol. The van der Waals surface area contributed by atoms with Crippen LogP contribution in [0.15, 0.2) is 23.1 Å². The lowest BCUT2D eigenvalue weighted by atomic mass is 10.2. The van der Waals surface area contributed by atoms with Crippen molar-refractivity contribution in [3.8, 4) is 0 Å². The number of hydrogen-bond acceptors (Lipinski definition) is 4. The number of carboxylic acid groups (broad SMARTS) is 1. The second-order valence-corrected chi connectivity index (χ2v) is 7.34. The van der Waals surface area contributed by atoms with E-state index < -0.39 is 16.0 Å². The fourth-order valence-corrected chi connectivity index (χ4v) is 4.39. The molecule has 1 aromatic rings. The summed E-state index contributed by atoms with van der Waals surface area (Å²) in [7, 11) is -3.86. The topological polar surface area (TPSA) is 83.9 Å². The van der Waals surface area contributed by atoms with Gasteiger partial charge in [-0.25, -0.2) is 13.2 Å². The molecule has 1 saturated heterocycles. The highest BCUT2D eigenvalue weighted by molar-refractivity contribution is 7.89. The van der Waals surface area contributed by atoms with Gasteiger partial charge < -0.3 is 9.84 Å². The number of hydrogen-bond donors (Lipinski definition) is 1. The first-order valence-corrected chi connectivity index (χ1v) is 8.22. The normalized spacial score (nSPS) is 24.0. The lowest BCUT2D eigenvalue weighted by molar-refractivity contribution is -0.0440. The maximum atomic E-state index is 12.7. The standard InChI is InChI=1S/C13H16ClNO5S/c1-8-6-15(7-9(2)20-8)21(18,19)12-5-10(13(16)17)3-4-11(12)14/h3-5,8-9H,6-7H2,1-2H3,(H,16,17)/t8-,9-/m0/s1. The molecule has 1 N–H and O–H groups in total. The molecular formula is C13H16ClNO5S. The van der Waals surface area contributed by atoms with Crippen LogP contribution in [0.5, 0.6) is 0 Å². The Morgan fingerprint density at radius 2 is 1.90 bits per heavy atom. The van der Waals surface area contributed by atoms with E-state index in [1.54, 1.807) is 13.8 Å². The van der Waals surface area contributed by atoms with Crippen molar-refractivity contribution in [1.29, 1.82) is 0 Å². The third-order valence-electron chi connectivity index (χ3n) is 3.18.